The Morgan fingerprint density at radius 3 is 2.52 bits per heavy atom. The van der Waals surface area contributed by atoms with Crippen LogP contribution in [0.1, 0.15) is 30.4 Å². The molecular weight excluding hydrogens is 352 g/mol. The molecule has 0 bridgehead atoms. The van der Waals surface area contributed by atoms with Gasteiger partial charge < -0.3 is 9.64 Å². The topological polar surface area (TPSA) is 46.6 Å². The second kappa shape index (κ2) is 8.29. The van der Waals surface area contributed by atoms with Gasteiger partial charge in [0.05, 0.1) is 5.92 Å². The van der Waals surface area contributed by atoms with Crippen molar-refractivity contribution < 1.29 is 23.1 Å². The van der Waals surface area contributed by atoms with Crippen LogP contribution >= 0.6 is 0 Å². The van der Waals surface area contributed by atoms with Gasteiger partial charge in [0.15, 0.2) is 6.61 Å². The second-order valence-electron chi connectivity index (χ2n) is 6.65. The smallest absolute Gasteiger partial charge is 0.310 e. The van der Waals surface area contributed by atoms with E-state index in [4.69, 9.17) is 4.74 Å². The van der Waals surface area contributed by atoms with E-state index >= 15 is 0 Å². The first-order chi connectivity index (χ1) is 13.0. The first kappa shape index (κ1) is 19.0. The largest absolute Gasteiger partial charge is 0.455 e. The predicted molar refractivity (Wildman–Crippen MR) is 95.7 cm³/mol. The summed E-state index contributed by atoms with van der Waals surface area (Å²) in [6.45, 7) is 2.15. The zero-order valence-corrected chi connectivity index (χ0v) is 15.0. The fraction of sp³-hybridized carbons (Fsp3) is 0.333. The van der Waals surface area contributed by atoms with Crippen molar-refractivity contribution >= 4 is 11.9 Å². The minimum atomic E-state index is -0.417. The third kappa shape index (κ3) is 4.90. The van der Waals surface area contributed by atoms with E-state index in [-0.39, 0.29) is 42.5 Å². The number of esters is 1. The van der Waals surface area contributed by atoms with Gasteiger partial charge in [0.25, 0.3) is 5.91 Å². The Morgan fingerprint density at radius 2 is 1.85 bits per heavy atom. The molecular formula is C21H21F2NO3. The lowest BCUT2D eigenvalue weighted by atomic mass is 10.1. The lowest BCUT2D eigenvalue weighted by molar-refractivity contribution is -0.153. The highest BCUT2D eigenvalue weighted by molar-refractivity contribution is 5.83. The minimum absolute atomic E-state index is 0.0165. The first-order valence-corrected chi connectivity index (χ1v) is 8.92. The lowest BCUT2D eigenvalue weighted by Gasteiger charge is -2.21. The van der Waals surface area contributed by atoms with Crippen LogP contribution in [0.25, 0.3) is 0 Å². The Labute approximate surface area is 156 Å². The highest BCUT2D eigenvalue weighted by atomic mass is 19.1. The summed E-state index contributed by atoms with van der Waals surface area (Å²) in [5.74, 6) is -1.69. The van der Waals surface area contributed by atoms with E-state index in [1.807, 2.05) is 6.92 Å². The molecule has 3 rings (SSSR count). The van der Waals surface area contributed by atoms with Crippen molar-refractivity contribution in [2.24, 2.45) is 5.92 Å². The summed E-state index contributed by atoms with van der Waals surface area (Å²) in [6.07, 6.45) is 0.638. The summed E-state index contributed by atoms with van der Waals surface area (Å²) in [6, 6.07) is 12.1. The molecule has 142 valence electrons. The summed E-state index contributed by atoms with van der Waals surface area (Å²) < 4.78 is 31.4. The van der Waals surface area contributed by atoms with Crippen molar-refractivity contribution in [1.29, 1.82) is 0 Å². The molecule has 0 spiro atoms. The molecule has 1 amide bonds. The van der Waals surface area contributed by atoms with Crippen LogP contribution < -0.4 is 0 Å². The molecule has 2 atom stereocenters. The van der Waals surface area contributed by atoms with Crippen LogP contribution in [0.5, 0.6) is 0 Å². The van der Waals surface area contributed by atoms with Crippen molar-refractivity contribution in [2.75, 3.05) is 13.2 Å². The van der Waals surface area contributed by atoms with Crippen LogP contribution in [0.15, 0.2) is 48.5 Å². The van der Waals surface area contributed by atoms with Crippen LogP contribution in [0.4, 0.5) is 8.78 Å². The molecule has 2 aromatic rings. The van der Waals surface area contributed by atoms with Crippen molar-refractivity contribution in [3.8, 4) is 0 Å². The van der Waals surface area contributed by atoms with Gasteiger partial charge in [-0.25, -0.2) is 8.78 Å². The molecule has 0 saturated heterocycles. The maximum Gasteiger partial charge on any atom is 0.310 e. The molecule has 1 saturated carbocycles. The summed E-state index contributed by atoms with van der Waals surface area (Å²) in [5, 5.41) is 0. The van der Waals surface area contributed by atoms with Gasteiger partial charge in [0.1, 0.15) is 11.6 Å². The molecule has 0 aliphatic heterocycles. The summed E-state index contributed by atoms with van der Waals surface area (Å²) >= 11 is 0. The molecule has 6 heteroatoms. The molecule has 2 unspecified atom stereocenters. The SMILES string of the molecule is CCN(Cc1cccc(F)c1)C(=O)COC(=O)C1CC1c1ccc(F)cc1. The van der Waals surface area contributed by atoms with Gasteiger partial charge in [0.2, 0.25) is 0 Å². The average molecular weight is 373 g/mol. The van der Waals surface area contributed by atoms with Crippen molar-refractivity contribution in [3.05, 3.63) is 71.3 Å². The Kier molecular flexibility index (Phi) is 5.84. The molecule has 4 nitrogen and oxygen atoms in total. The number of amides is 1. The van der Waals surface area contributed by atoms with E-state index in [2.05, 4.69) is 0 Å². The van der Waals surface area contributed by atoms with Gasteiger partial charge in [0, 0.05) is 13.1 Å². The minimum Gasteiger partial charge on any atom is -0.455 e. The maximum absolute atomic E-state index is 13.3. The quantitative estimate of drug-likeness (QED) is 0.696. The first-order valence-electron chi connectivity index (χ1n) is 8.92. The zero-order chi connectivity index (χ0) is 19.4. The van der Waals surface area contributed by atoms with Gasteiger partial charge in [-0.2, -0.15) is 0 Å². The Hall–Kier alpha value is -2.76. The number of benzene rings is 2. The van der Waals surface area contributed by atoms with Gasteiger partial charge in [-0.1, -0.05) is 24.3 Å². The summed E-state index contributed by atoms with van der Waals surface area (Å²) in [5.41, 5.74) is 1.57. The fourth-order valence-corrected chi connectivity index (χ4v) is 3.10. The monoisotopic (exact) mass is 373 g/mol. The van der Waals surface area contributed by atoms with Crippen LogP contribution in [0.2, 0.25) is 0 Å². The standard InChI is InChI=1S/C21H21F2NO3/c1-2-24(12-14-4-3-5-17(23)10-14)20(25)13-27-21(26)19-11-18(19)15-6-8-16(22)9-7-15/h3-10,18-19H,2,11-13H2,1H3. The lowest BCUT2D eigenvalue weighted by Crippen LogP contribution is -2.34. The predicted octanol–water partition coefficient (Wildman–Crippen LogP) is 3.66. The third-order valence-electron chi connectivity index (χ3n) is 4.73. The Morgan fingerprint density at radius 1 is 1.11 bits per heavy atom. The number of carbonyl (C=O) groups is 2. The second-order valence-corrected chi connectivity index (χ2v) is 6.65. The molecule has 0 N–H and O–H groups in total. The fourth-order valence-electron chi connectivity index (χ4n) is 3.10. The molecule has 0 heterocycles. The number of carbonyl (C=O) groups excluding carboxylic acids is 2. The highest BCUT2D eigenvalue weighted by Crippen LogP contribution is 2.48. The van der Waals surface area contributed by atoms with E-state index in [9.17, 15) is 18.4 Å². The number of hydrogen-bond donors (Lipinski definition) is 0. The van der Waals surface area contributed by atoms with E-state index in [1.54, 1.807) is 24.3 Å². The number of rotatable bonds is 7. The van der Waals surface area contributed by atoms with E-state index < -0.39 is 5.97 Å². The number of hydrogen-bond acceptors (Lipinski definition) is 3. The van der Waals surface area contributed by atoms with Gasteiger partial charge in [-0.15, -0.1) is 0 Å². The van der Waals surface area contributed by atoms with Gasteiger partial charge in [-0.05, 0) is 54.7 Å². The summed E-state index contributed by atoms with van der Waals surface area (Å²) in [7, 11) is 0. The molecule has 0 radical (unpaired) electrons. The molecule has 1 aliphatic carbocycles. The molecule has 27 heavy (non-hydrogen) atoms. The number of halogens is 2. The number of likely N-dealkylation sites (N-methyl/N-ethyl adjacent to an activating group) is 1. The van der Waals surface area contributed by atoms with Gasteiger partial charge in [-0.3, -0.25) is 9.59 Å². The molecule has 1 fully saturated rings. The van der Waals surface area contributed by atoms with E-state index in [0.29, 0.717) is 18.5 Å². The van der Waals surface area contributed by atoms with Crippen LogP contribution in [0, 0.1) is 17.6 Å². The van der Waals surface area contributed by atoms with Crippen molar-refractivity contribution in [1.82, 2.24) is 4.90 Å². The van der Waals surface area contributed by atoms with Crippen LogP contribution in [-0.2, 0) is 20.9 Å². The van der Waals surface area contributed by atoms with Gasteiger partial charge >= 0.3 is 5.97 Å². The molecule has 1 aliphatic rings. The van der Waals surface area contributed by atoms with Crippen LogP contribution in [-0.4, -0.2) is 29.9 Å². The van der Waals surface area contributed by atoms with E-state index in [1.165, 1.54) is 29.2 Å². The zero-order valence-electron chi connectivity index (χ0n) is 15.0. The van der Waals surface area contributed by atoms with Crippen molar-refractivity contribution in [2.45, 2.75) is 25.8 Å². The van der Waals surface area contributed by atoms with Crippen LogP contribution in [0.3, 0.4) is 0 Å². The highest BCUT2D eigenvalue weighted by Gasteiger charge is 2.45. The number of ether oxygens (including phenoxy) is 1. The third-order valence-corrected chi connectivity index (χ3v) is 4.73. The molecule has 0 aromatic heterocycles. The Bertz CT molecular complexity index is 822. The van der Waals surface area contributed by atoms with Crippen molar-refractivity contribution in [3.63, 3.8) is 0 Å². The van der Waals surface area contributed by atoms with E-state index in [0.717, 1.165) is 5.56 Å². The number of nitrogens with zero attached hydrogens (tertiary/aromatic N) is 1. The average Bonchev–Trinajstić information content (AvgIpc) is 3.45. The maximum atomic E-state index is 13.3. The Balaban J connectivity index is 1.49. The molecule has 2 aromatic carbocycles. The summed E-state index contributed by atoms with van der Waals surface area (Å²) in [4.78, 5) is 26.0. The normalized spacial score (nSPS) is 18.0.